The lowest BCUT2D eigenvalue weighted by atomic mass is 10.1. The molecule has 0 aliphatic heterocycles. The molecule has 0 spiro atoms. The van der Waals surface area contributed by atoms with E-state index in [0.717, 1.165) is 5.56 Å². The summed E-state index contributed by atoms with van der Waals surface area (Å²) < 4.78 is 0. The van der Waals surface area contributed by atoms with Gasteiger partial charge in [0.2, 0.25) is 5.95 Å². The highest BCUT2D eigenvalue weighted by atomic mass is 16.6. The van der Waals surface area contributed by atoms with Crippen LogP contribution in [-0.2, 0) is 0 Å². The van der Waals surface area contributed by atoms with Crippen LogP contribution in [0.4, 0.5) is 11.6 Å². The van der Waals surface area contributed by atoms with Gasteiger partial charge in [0, 0.05) is 12.6 Å². The maximum absolute atomic E-state index is 11.0. The summed E-state index contributed by atoms with van der Waals surface area (Å²) >= 11 is 0. The van der Waals surface area contributed by atoms with Gasteiger partial charge in [-0.25, -0.2) is 9.97 Å². The van der Waals surface area contributed by atoms with Crippen LogP contribution in [0.25, 0.3) is 11.3 Å². The van der Waals surface area contributed by atoms with E-state index in [2.05, 4.69) is 15.3 Å². The number of rotatable bonds is 3. The molecule has 92 valence electrons. The van der Waals surface area contributed by atoms with Crippen LogP contribution in [0.1, 0.15) is 5.56 Å². The Morgan fingerprint density at radius 3 is 2.78 bits per heavy atom. The summed E-state index contributed by atoms with van der Waals surface area (Å²) in [7, 11) is 1.67. The van der Waals surface area contributed by atoms with Crippen molar-refractivity contribution in [1.29, 1.82) is 0 Å². The zero-order chi connectivity index (χ0) is 13.1. The molecule has 0 saturated heterocycles. The fraction of sp³-hybridized carbons (Fsp3) is 0.167. The summed E-state index contributed by atoms with van der Waals surface area (Å²) in [6, 6.07) is 7.42. The quantitative estimate of drug-likeness (QED) is 0.662. The number of aryl methyl sites for hydroxylation is 1. The number of nitrogens with zero attached hydrogens (tertiary/aromatic N) is 3. The molecule has 0 atom stereocenters. The Morgan fingerprint density at radius 2 is 2.17 bits per heavy atom. The first-order valence-corrected chi connectivity index (χ1v) is 5.38. The summed E-state index contributed by atoms with van der Waals surface area (Å²) in [5.41, 5.74) is 1.95. The van der Waals surface area contributed by atoms with Crippen LogP contribution in [-0.4, -0.2) is 21.9 Å². The third-order valence-electron chi connectivity index (χ3n) is 2.48. The summed E-state index contributed by atoms with van der Waals surface area (Å²) in [4.78, 5) is 18.5. The first kappa shape index (κ1) is 12.0. The molecule has 0 unspecified atom stereocenters. The molecule has 0 aliphatic carbocycles. The van der Waals surface area contributed by atoms with Crippen molar-refractivity contribution in [2.75, 3.05) is 12.4 Å². The van der Waals surface area contributed by atoms with Crippen LogP contribution < -0.4 is 5.32 Å². The summed E-state index contributed by atoms with van der Waals surface area (Å²) in [5.74, 6) is 0.358. The van der Waals surface area contributed by atoms with Crippen LogP contribution in [0.15, 0.2) is 30.5 Å². The van der Waals surface area contributed by atoms with Gasteiger partial charge in [0.05, 0.1) is 4.92 Å². The Kier molecular flexibility index (Phi) is 3.18. The molecule has 2 rings (SSSR count). The van der Waals surface area contributed by atoms with Crippen LogP contribution >= 0.6 is 0 Å². The van der Waals surface area contributed by atoms with Gasteiger partial charge in [-0.1, -0.05) is 23.8 Å². The lowest BCUT2D eigenvalue weighted by Crippen LogP contribution is -2.01. The van der Waals surface area contributed by atoms with E-state index >= 15 is 0 Å². The molecule has 6 nitrogen and oxygen atoms in total. The molecule has 0 bridgehead atoms. The van der Waals surface area contributed by atoms with E-state index < -0.39 is 4.92 Å². The average Bonchev–Trinajstić information content (AvgIpc) is 2.38. The zero-order valence-corrected chi connectivity index (χ0v) is 10.0. The maximum atomic E-state index is 11.0. The van der Waals surface area contributed by atoms with Crippen LogP contribution in [0.5, 0.6) is 0 Å². The minimum atomic E-state index is -0.475. The maximum Gasteiger partial charge on any atom is 0.313 e. The number of nitro groups is 1. The van der Waals surface area contributed by atoms with Crippen molar-refractivity contribution in [3.05, 3.63) is 46.1 Å². The molecule has 2 aromatic rings. The molecule has 18 heavy (non-hydrogen) atoms. The predicted molar refractivity (Wildman–Crippen MR) is 68.4 cm³/mol. The van der Waals surface area contributed by atoms with Crippen LogP contribution in [0.2, 0.25) is 0 Å². The molecule has 1 aromatic heterocycles. The molecule has 0 aliphatic rings. The van der Waals surface area contributed by atoms with Crippen LogP contribution in [0, 0.1) is 17.0 Å². The number of anilines is 1. The summed E-state index contributed by atoms with van der Waals surface area (Å²) in [5, 5.41) is 13.8. The third kappa shape index (κ3) is 2.27. The van der Waals surface area contributed by atoms with E-state index in [-0.39, 0.29) is 5.69 Å². The van der Waals surface area contributed by atoms with Gasteiger partial charge in [0.15, 0.2) is 5.69 Å². The Bertz CT molecular complexity index is 598. The van der Waals surface area contributed by atoms with Crippen molar-refractivity contribution in [3.8, 4) is 11.3 Å². The smallest absolute Gasteiger partial charge is 0.313 e. The highest BCUT2D eigenvalue weighted by Crippen LogP contribution is 2.28. The van der Waals surface area contributed by atoms with Crippen molar-refractivity contribution in [2.24, 2.45) is 0 Å². The van der Waals surface area contributed by atoms with Gasteiger partial charge in [0.25, 0.3) is 0 Å². The number of aromatic nitrogens is 2. The fourth-order valence-electron chi connectivity index (χ4n) is 1.63. The minimum Gasteiger partial charge on any atom is -0.357 e. The van der Waals surface area contributed by atoms with Gasteiger partial charge in [0.1, 0.15) is 6.20 Å². The Balaban J connectivity index is 2.63. The van der Waals surface area contributed by atoms with E-state index in [0.29, 0.717) is 17.2 Å². The van der Waals surface area contributed by atoms with Gasteiger partial charge >= 0.3 is 5.69 Å². The topological polar surface area (TPSA) is 81.0 Å². The van der Waals surface area contributed by atoms with E-state index in [4.69, 9.17) is 0 Å². The molecule has 1 N–H and O–H groups in total. The molecular weight excluding hydrogens is 232 g/mol. The fourth-order valence-corrected chi connectivity index (χ4v) is 1.63. The monoisotopic (exact) mass is 244 g/mol. The SMILES string of the molecule is CNc1ncc([N+](=O)[O-])c(-c2cccc(C)c2)n1. The first-order valence-electron chi connectivity index (χ1n) is 5.38. The van der Waals surface area contributed by atoms with Crippen molar-refractivity contribution < 1.29 is 4.92 Å². The van der Waals surface area contributed by atoms with Crippen molar-refractivity contribution >= 4 is 11.6 Å². The third-order valence-corrected chi connectivity index (χ3v) is 2.48. The molecule has 0 saturated carbocycles. The molecular formula is C12H12N4O2. The van der Waals surface area contributed by atoms with Crippen molar-refractivity contribution in [2.45, 2.75) is 6.92 Å². The van der Waals surface area contributed by atoms with Gasteiger partial charge < -0.3 is 5.32 Å². The highest BCUT2D eigenvalue weighted by Gasteiger charge is 2.18. The molecule has 0 fully saturated rings. The molecule has 0 amide bonds. The standard InChI is InChI=1S/C12H12N4O2/c1-8-4-3-5-9(6-8)11-10(16(17)18)7-14-12(13-2)15-11/h3-7H,1-2H3,(H,13,14,15). The van der Waals surface area contributed by atoms with Crippen molar-refractivity contribution in [1.82, 2.24) is 9.97 Å². The Hall–Kier alpha value is -2.50. The van der Waals surface area contributed by atoms with Gasteiger partial charge in [-0.3, -0.25) is 10.1 Å². The van der Waals surface area contributed by atoms with Crippen LogP contribution in [0.3, 0.4) is 0 Å². The minimum absolute atomic E-state index is 0.0976. The number of benzene rings is 1. The van der Waals surface area contributed by atoms with E-state index in [9.17, 15) is 10.1 Å². The zero-order valence-electron chi connectivity index (χ0n) is 10.0. The summed E-state index contributed by atoms with van der Waals surface area (Å²) in [6.45, 7) is 1.93. The molecule has 0 radical (unpaired) electrons. The Labute approximate surface area is 104 Å². The van der Waals surface area contributed by atoms with Gasteiger partial charge in [-0.15, -0.1) is 0 Å². The second kappa shape index (κ2) is 4.79. The lowest BCUT2D eigenvalue weighted by Gasteiger charge is -2.05. The number of hydrogen-bond donors (Lipinski definition) is 1. The lowest BCUT2D eigenvalue weighted by molar-refractivity contribution is -0.384. The first-order chi connectivity index (χ1) is 8.61. The van der Waals surface area contributed by atoms with E-state index in [1.165, 1.54) is 6.20 Å². The number of hydrogen-bond acceptors (Lipinski definition) is 5. The van der Waals surface area contributed by atoms with Crippen molar-refractivity contribution in [3.63, 3.8) is 0 Å². The largest absolute Gasteiger partial charge is 0.357 e. The van der Waals surface area contributed by atoms with E-state index in [1.54, 1.807) is 13.1 Å². The second-order valence-electron chi connectivity index (χ2n) is 3.80. The normalized spacial score (nSPS) is 10.1. The highest BCUT2D eigenvalue weighted by molar-refractivity contribution is 5.70. The number of nitrogens with one attached hydrogen (secondary N) is 1. The second-order valence-corrected chi connectivity index (χ2v) is 3.80. The Morgan fingerprint density at radius 1 is 1.39 bits per heavy atom. The molecule has 6 heteroatoms. The predicted octanol–water partition coefficient (Wildman–Crippen LogP) is 2.40. The van der Waals surface area contributed by atoms with E-state index in [1.807, 2.05) is 25.1 Å². The van der Waals surface area contributed by atoms with Gasteiger partial charge in [-0.2, -0.15) is 0 Å². The average molecular weight is 244 g/mol. The van der Waals surface area contributed by atoms with Gasteiger partial charge in [-0.05, 0) is 13.0 Å². The molecule has 1 aromatic carbocycles. The molecule has 1 heterocycles. The summed E-state index contributed by atoms with van der Waals surface area (Å²) in [6.07, 6.45) is 1.22.